The van der Waals surface area contributed by atoms with Gasteiger partial charge in [0.1, 0.15) is 11.5 Å². The highest BCUT2D eigenvalue weighted by atomic mass is 16.5. The number of hydrogen-bond donors (Lipinski definition) is 1. The van der Waals surface area contributed by atoms with Gasteiger partial charge in [-0.2, -0.15) is 0 Å². The van der Waals surface area contributed by atoms with Gasteiger partial charge in [0.25, 0.3) is 5.91 Å². The number of aryl methyl sites for hydroxylation is 1. The van der Waals surface area contributed by atoms with Crippen molar-refractivity contribution in [3.8, 4) is 11.5 Å². The van der Waals surface area contributed by atoms with Crippen LogP contribution in [0.1, 0.15) is 27.0 Å². The van der Waals surface area contributed by atoms with Gasteiger partial charge in [0.05, 0.1) is 11.1 Å². The Hall–Kier alpha value is -4.97. The Balaban J connectivity index is 1.41. The first-order valence-electron chi connectivity index (χ1n) is 11.4. The van der Waals surface area contributed by atoms with Crippen molar-refractivity contribution in [2.24, 2.45) is 0 Å². The average Bonchev–Trinajstić information content (AvgIpc) is 3.38. The van der Waals surface area contributed by atoms with Crippen LogP contribution in [0.2, 0.25) is 0 Å². The number of carbonyl (C=O) groups is 3. The van der Waals surface area contributed by atoms with Crippen LogP contribution in [0, 0.1) is 6.92 Å². The summed E-state index contributed by atoms with van der Waals surface area (Å²) in [6.07, 6.45) is 0. The van der Waals surface area contributed by atoms with E-state index in [1.54, 1.807) is 48.5 Å². The van der Waals surface area contributed by atoms with E-state index in [4.69, 9.17) is 9.47 Å². The third-order valence-corrected chi connectivity index (χ3v) is 6.30. The van der Waals surface area contributed by atoms with Crippen molar-refractivity contribution in [2.45, 2.75) is 6.92 Å². The standard InChI is InChI=1S/C30H19NO5/c1-17-14-20(12-13-23(17)31-28(32)19-10-6-3-7-11-19)27-22-16-24-21(15-25(22)36-30(27)34)26(29(33)35-24)18-8-4-2-5-9-18/h2-16H,1H3,(H,31,32). The molecule has 0 aromatic heterocycles. The molecular formula is C30H19NO5. The average molecular weight is 473 g/mol. The van der Waals surface area contributed by atoms with Crippen LogP contribution in [-0.2, 0) is 9.59 Å². The number of ether oxygens (including phenoxy) is 2. The maximum atomic E-state index is 12.9. The summed E-state index contributed by atoms with van der Waals surface area (Å²) in [5.74, 6) is -0.382. The molecule has 2 aliphatic heterocycles. The zero-order valence-corrected chi connectivity index (χ0v) is 19.2. The number of amides is 1. The van der Waals surface area contributed by atoms with Crippen molar-refractivity contribution in [3.63, 3.8) is 0 Å². The van der Waals surface area contributed by atoms with E-state index in [1.807, 2.05) is 49.4 Å². The first-order valence-corrected chi connectivity index (χ1v) is 11.4. The van der Waals surface area contributed by atoms with Crippen LogP contribution in [-0.4, -0.2) is 17.8 Å². The fraction of sp³-hybridized carbons (Fsp3) is 0.0333. The van der Waals surface area contributed by atoms with E-state index in [0.29, 0.717) is 49.9 Å². The van der Waals surface area contributed by atoms with Gasteiger partial charge < -0.3 is 14.8 Å². The van der Waals surface area contributed by atoms with Crippen LogP contribution in [0.3, 0.4) is 0 Å². The first kappa shape index (κ1) is 21.6. The van der Waals surface area contributed by atoms with Crippen molar-refractivity contribution in [1.29, 1.82) is 0 Å². The Labute approximate surface area is 206 Å². The molecule has 0 fully saturated rings. The molecule has 0 radical (unpaired) electrons. The van der Waals surface area contributed by atoms with Crippen molar-refractivity contribution in [2.75, 3.05) is 5.32 Å². The van der Waals surface area contributed by atoms with Crippen LogP contribution in [0.15, 0.2) is 91.0 Å². The second kappa shape index (κ2) is 8.36. The Morgan fingerprint density at radius 1 is 0.667 bits per heavy atom. The van der Waals surface area contributed by atoms with E-state index >= 15 is 0 Å². The lowest BCUT2D eigenvalue weighted by Crippen LogP contribution is -2.13. The van der Waals surface area contributed by atoms with Crippen molar-refractivity contribution in [3.05, 3.63) is 124 Å². The lowest BCUT2D eigenvalue weighted by Gasteiger charge is -2.10. The molecule has 1 amide bonds. The second-order valence-corrected chi connectivity index (χ2v) is 8.59. The minimum absolute atomic E-state index is 0.215. The van der Waals surface area contributed by atoms with E-state index < -0.39 is 11.9 Å². The third-order valence-electron chi connectivity index (χ3n) is 6.30. The van der Waals surface area contributed by atoms with E-state index in [2.05, 4.69) is 5.32 Å². The SMILES string of the molecule is Cc1cc(C2=c3cc4c(cc3OC2=O)=C(c2ccccc2)C(=O)O4)ccc1NC(=O)c1ccccc1. The van der Waals surface area contributed by atoms with Crippen LogP contribution >= 0.6 is 0 Å². The molecule has 6 rings (SSSR count). The molecule has 6 nitrogen and oxygen atoms in total. The molecule has 2 heterocycles. The summed E-state index contributed by atoms with van der Waals surface area (Å²) in [5.41, 5.74) is 4.18. The van der Waals surface area contributed by atoms with Gasteiger partial charge in [-0.25, -0.2) is 9.59 Å². The summed E-state index contributed by atoms with van der Waals surface area (Å²) in [6.45, 7) is 1.86. The van der Waals surface area contributed by atoms with E-state index in [9.17, 15) is 14.4 Å². The molecule has 0 unspecified atom stereocenters. The molecule has 0 spiro atoms. The molecule has 174 valence electrons. The predicted molar refractivity (Wildman–Crippen MR) is 134 cm³/mol. The predicted octanol–water partition coefficient (Wildman–Crippen LogP) is 3.48. The number of anilines is 1. The number of benzene rings is 4. The largest absolute Gasteiger partial charge is 0.422 e. The molecule has 1 N–H and O–H groups in total. The minimum Gasteiger partial charge on any atom is -0.422 e. The topological polar surface area (TPSA) is 81.7 Å². The molecule has 2 aliphatic rings. The monoisotopic (exact) mass is 473 g/mol. The fourth-order valence-corrected chi connectivity index (χ4v) is 4.54. The third kappa shape index (κ3) is 3.56. The summed E-state index contributed by atoms with van der Waals surface area (Å²) in [6, 6.07) is 26.9. The summed E-state index contributed by atoms with van der Waals surface area (Å²) < 4.78 is 11.1. The number of carbonyl (C=O) groups excluding carboxylic acids is 3. The zero-order chi connectivity index (χ0) is 24.8. The lowest BCUT2D eigenvalue weighted by molar-refractivity contribution is -0.128. The van der Waals surface area contributed by atoms with E-state index in [0.717, 1.165) is 11.1 Å². The number of nitrogens with one attached hydrogen (secondary N) is 1. The zero-order valence-electron chi connectivity index (χ0n) is 19.2. The Morgan fingerprint density at radius 2 is 1.22 bits per heavy atom. The number of hydrogen-bond acceptors (Lipinski definition) is 5. The van der Waals surface area contributed by atoms with Gasteiger partial charge in [-0.3, -0.25) is 4.79 Å². The number of fused-ring (bicyclic) bond motifs is 2. The number of esters is 2. The van der Waals surface area contributed by atoms with Crippen molar-refractivity contribution in [1.82, 2.24) is 0 Å². The van der Waals surface area contributed by atoms with Gasteiger partial charge in [-0.15, -0.1) is 0 Å². The number of rotatable bonds is 4. The summed E-state index contributed by atoms with van der Waals surface area (Å²) in [4.78, 5) is 38.1. The highest BCUT2D eigenvalue weighted by Gasteiger charge is 2.30. The molecular weight excluding hydrogens is 454 g/mol. The molecule has 4 aromatic carbocycles. The normalized spacial score (nSPS) is 13.7. The molecule has 0 saturated carbocycles. The Kier molecular flexibility index (Phi) is 5.00. The quantitative estimate of drug-likeness (QED) is 0.363. The highest BCUT2D eigenvalue weighted by Crippen LogP contribution is 2.28. The van der Waals surface area contributed by atoms with E-state index in [-0.39, 0.29) is 5.91 Å². The van der Waals surface area contributed by atoms with Gasteiger partial charge in [0, 0.05) is 21.7 Å². The summed E-state index contributed by atoms with van der Waals surface area (Å²) in [7, 11) is 0. The maximum absolute atomic E-state index is 12.9. The first-order chi connectivity index (χ1) is 17.5. The molecule has 0 bridgehead atoms. The molecule has 0 aliphatic carbocycles. The molecule has 0 atom stereocenters. The van der Waals surface area contributed by atoms with Gasteiger partial charge in [0.2, 0.25) is 0 Å². The minimum atomic E-state index is -0.485. The van der Waals surface area contributed by atoms with Gasteiger partial charge in [-0.1, -0.05) is 54.6 Å². The van der Waals surface area contributed by atoms with Crippen molar-refractivity contribution < 1.29 is 23.9 Å². The molecule has 36 heavy (non-hydrogen) atoms. The van der Waals surface area contributed by atoms with Crippen molar-refractivity contribution >= 4 is 34.7 Å². The highest BCUT2D eigenvalue weighted by molar-refractivity contribution is 6.21. The van der Waals surface area contributed by atoms with E-state index in [1.165, 1.54) is 0 Å². The lowest BCUT2D eigenvalue weighted by atomic mass is 9.99. The second-order valence-electron chi connectivity index (χ2n) is 8.59. The van der Waals surface area contributed by atoms with Crippen LogP contribution in [0.4, 0.5) is 5.69 Å². The van der Waals surface area contributed by atoms with Gasteiger partial charge in [0.15, 0.2) is 0 Å². The Morgan fingerprint density at radius 3 is 1.81 bits per heavy atom. The maximum Gasteiger partial charge on any atom is 0.344 e. The smallest absolute Gasteiger partial charge is 0.344 e. The van der Waals surface area contributed by atoms with Crippen LogP contribution in [0.5, 0.6) is 11.5 Å². The van der Waals surface area contributed by atoms with Gasteiger partial charge in [-0.05, 0) is 60.0 Å². The Bertz CT molecular complexity index is 1710. The van der Waals surface area contributed by atoms with Gasteiger partial charge >= 0.3 is 11.9 Å². The summed E-state index contributed by atoms with van der Waals surface area (Å²) >= 11 is 0. The molecule has 6 heteroatoms. The fourth-order valence-electron chi connectivity index (χ4n) is 4.54. The molecule has 4 aromatic rings. The van der Waals surface area contributed by atoms with Crippen LogP contribution in [0.25, 0.3) is 11.1 Å². The summed E-state index contributed by atoms with van der Waals surface area (Å²) in [5, 5.41) is 4.06. The molecule has 0 saturated heterocycles. The van der Waals surface area contributed by atoms with Crippen LogP contribution < -0.4 is 25.2 Å².